The minimum Gasteiger partial charge on any atom is -0.258 e. The molecule has 0 radical (unpaired) electrons. The van der Waals surface area contributed by atoms with Crippen LogP contribution in [0.5, 0.6) is 0 Å². The first-order chi connectivity index (χ1) is 7.82. The average molecular weight is 275 g/mol. The molecule has 0 saturated carbocycles. The molecule has 1 aromatic rings. The van der Waals surface area contributed by atoms with Crippen LogP contribution in [0.2, 0.25) is 0 Å². The van der Waals surface area contributed by atoms with Crippen molar-refractivity contribution in [1.29, 1.82) is 5.26 Å². The van der Waals surface area contributed by atoms with Crippen molar-refractivity contribution >= 4 is 25.4 Å². The van der Waals surface area contributed by atoms with Gasteiger partial charge in [-0.2, -0.15) is 5.26 Å². The molecule has 8 heteroatoms. The first kappa shape index (κ1) is 13.4. The van der Waals surface area contributed by atoms with Crippen LogP contribution in [-0.2, 0) is 15.5 Å². The summed E-state index contributed by atoms with van der Waals surface area (Å²) in [5.74, 6) is 0. The van der Waals surface area contributed by atoms with Crippen molar-refractivity contribution in [2.45, 2.75) is 18.2 Å². The van der Waals surface area contributed by atoms with Gasteiger partial charge in [-0.3, -0.25) is 10.1 Å². The Labute approximate surface area is 102 Å². The molecule has 1 rings (SSSR count). The molecule has 1 aromatic carbocycles. The van der Waals surface area contributed by atoms with Gasteiger partial charge in [-0.05, 0) is 18.1 Å². The molecule has 0 unspecified atom stereocenters. The number of hydrogen-bond acceptors (Lipinski definition) is 5. The Kier molecular flexibility index (Phi) is 3.70. The molecule has 0 fully saturated rings. The lowest BCUT2D eigenvalue weighted by Gasteiger charge is -2.06. The van der Waals surface area contributed by atoms with Crippen LogP contribution in [0.1, 0.15) is 18.1 Å². The molecule has 0 aliphatic heterocycles. The Hall–Kier alpha value is -1.65. The second-order valence-electron chi connectivity index (χ2n) is 3.10. The summed E-state index contributed by atoms with van der Waals surface area (Å²) in [5, 5.41) is 19.6. The monoisotopic (exact) mass is 274 g/mol. The summed E-state index contributed by atoms with van der Waals surface area (Å²) in [6.45, 7) is 1.59. The fourth-order valence-corrected chi connectivity index (χ4v) is 2.68. The molecule has 17 heavy (non-hydrogen) atoms. The van der Waals surface area contributed by atoms with Crippen LogP contribution in [0.15, 0.2) is 17.0 Å². The highest BCUT2D eigenvalue weighted by atomic mass is 35.7. The molecule has 90 valence electrons. The van der Waals surface area contributed by atoms with Gasteiger partial charge in [0.2, 0.25) is 0 Å². The molecule has 0 aliphatic rings. The average Bonchev–Trinajstić information content (AvgIpc) is 2.25. The van der Waals surface area contributed by atoms with Crippen LogP contribution >= 0.6 is 10.7 Å². The molecule has 0 atom stereocenters. The highest BCUT2D eigenvalue weighted by molar-refractivity contribution is 8.13. The number of nitro groups is 1. The molecular weight excluding hydrogens is 268 g/mol. The maximum Gasteiger partial charge on any atom is 0.287 e. The Morgan fingerprint density at radius 1 is 1.53 bits per heavy atom. The summed E-state index contributed by atoms with van der Waals surface area (Å²) < 4.78 is 22.5. The Balaban J connectivity index is 3.74. The van der Waals surface area contributed by atoms with E-state index in [1.807, 2.05) is 0 Å². The number of nitriles is 1. The number of nitro benzene ring substituents is 1. The van der Waals surface area contributed by atoms with E-state index in [9.17, 15) is 18.5 Å². The third kappa shape index (κ3) is 2.54. The SMILES string of the molecule is CCc1c(S(=O)(=O)Cl)ccc([N+](=O)[O-])c1C#N. The second-order valence-corrected chi connectivity index (χ2v) is 5.63. The fraction of sp³-hybridized carbons (Fsp3) is 0.222. The maximum absolute atomic E-state index is 11.2. The first-order valence-electron chi connectivity index (χ1n) is 4.48. The van der Waals surface area contributed by atoms with Crippen LogP contribution < -0.4 is 0 Å². The molecule has 0 aromatic heterocycles. The third-order valence-corrected chi connectivity index (χ3v) is 3.58. The van der Waals surface area contributed by atoms with Crippen molar-refractivity contribution in [1.82, 2.24) is 0 Å². The summed E-state index contributed by atoms with van der Waals surface area (Å²) >= 11 is 0. The number of rotatable bonds is 3. The van der Waals surface area contributed by atoms with E-state index >= 15 is 0 Å². The van der Waals surface area contributed by atoms with E-state index in [0.29, 0.717) is 0 Å². The minimum atomic E-state index is -4.02. The fourth-order valence-electron chi connectivity index (χ4n) is 1.47. The largest absolute Gasteiger partial charge is 0.287 e. The van der Waals surface area contributed by atoms with Gasteiger partial charge in [0.25, 0.3) is 14.7 Å². The zero-order valence-corrected chi connectivity index (χ0v) is 10.2. The molecule has 0 amide bonds. The first-order valence-corrected chi connectivity index (χ1v) is 6.78. The Morgan fingerprint density at radius 3 is 2.47 bits per heavy atom. The lowest BCUT2D eigenvalue weighted by atomic mass is 10.0. The molecule has 0 heterocycles. The zero-order valence-electron chi connectivity index (χ0n) is 8.68. The van der Waals surface area contributed by atoms with E-state index < -0.39 is 19.7 Å². The van der Waals surface area contributed by atoms with Crippen LogP contribution in [0.25, 0.3) is 0 Å². The molecular formula is C9H7ClN2O4S. The van der Waals surface area contributed by atoms with Crippen molar-refractivity contribution in [2.75, 3.05) is 0 Å². The van der Waals surface area contributed by atoms with Crippen molar-refractivity contribution in [3.63, 3.8) is 0 Å². The lowest BCUT2D eigenvalue weighted by molar-refractivity contribution is -0.385. The van der Waals surface area contributed by atoms with E-state index in [2.05, 4.69) is 0 Å². The normalized spacial score (nSPS) is 10.9. The molecule has 0 saturated heterocycles. The van der Waals surface area contributed by atoms with Gasteiger partial charge < -0.3 is 0 Å². The summed E-state index contributed by atoms with van der Waals surface area (Å²) in [7, 11) is 1.17. The predicted molar refractivity (Wildman–Crippen MR) is 60.2 cm³/mol. The molecule has 6 nitrogen and oxygen atoms in total. The Bertz CT molecular complexity index is 619. The van der Waals surface area contributed by atoms with Gasteiger partial charge in [-0.1, -0.05) is 6.92 Å². The molecule has 0 spiro atoms. The van der Waals surface area contributed by atoms with Gasteiger partial charge >= 0.3 is 0 Å². The van der Waals surface area contributed by atoms with Crippen LogP contribution in [0.4, 0.5) is 5.69 Å². The standard InChI is InChI=1S/C9H7ClN2O4S/c1-2-6-7(5-11)8(12(13)14)3-4-9(6)17(10,15)16/h3-4H,2H2,1H3. The van der Waals surface area contributed by atoms with Crippen molar-refractivity contribution in [2.24, 2.45) is 0 Å². The zero-order chi connectivity index (χ0) is 13.2. The van der Waals surface area contributed by atoms with Crippen LogP contribution in [0, 0.1) is 21.4 Å². The quantitative estimate of drug-likeness (QED) is 0.476. The van der Waals surface area contributed by atoms with Gasteiger partial charge in [0, 0.05) is 16.7 Å². The van der Waals surface area contributed by atoms with E-state index in [4.69, 9.17) is 15.9 Å². The third-order valence-electron chi connectivity index (χ3n) is 2.17. The minimum absolute atomic E-state index is 0.0664. The van der Waals surface area contributed by atoms with Crippen molar-refractivity contribution < 1.29 is 13.3 Å². The van der Waals surface area contributed by atoms with Gasteiger partial charge in [0.1, 0.15) is 11.6 Å². The smallest absolute Gasteiger partial charge is 0.258 e. The van der Waals surface area contributed by atoms with Crippen molar-refractivity contribution in [3.05, 3.63) is 33.4 Å². The van der Waals surface area contributed by atoms with E-state index in [1.165, 1.54) is 0 Å². The maximum atomic E-state index is 11.2. The number of halogens is 1. The summed E-state index contributed by atoms with van der Waals surface area (Å²) in [5.41, 5.74) is -0.621. The second kappa shape index (κ2) is 4.69. The van der Waals surface area contributed by atoms with Crippen molar-refractivity contribution in [3.8, 4) is 6.07 Å². The van der Waals surface area contributed by atoms with E-state index in [1.54, 1.807) is 13.0 Å². The topological polar surface area (TPSA) is 101 Å². The van der Waals surface area contributed by atoms with E-state index in [0.717, 1.165) is 12.1 Å². The molecule has 0 aliphatic carbocycles. The van der Waals surface area contributed by atoms with Crippen LogP contribution in [0.3, 0.4) is 0 Å². The van der Waals surface area contributed by atoms with Gasteiger partial charge in [-0.15, -0.1) is 0 Å². The van der Waals surface area contributed by atoms with Crippen LogP contribution in [-0.4, -0.2) is 13.3 Å². The van der Waals surface area contributed by atoms with Gasteiger partial charge in [0.15, 0.2) is 0 Å². The number of benzene rings is 1. The van der Waals surface area contributed by atoms with E-state index in [-0.39, 0.29) is 22.4 Å². The summed E-state index contributed by atoms with van der Waals surface area (Å²) in [6.07, 6.45) is 0.159. The predicted octanol–water partition coefficient (Wildman–Crippen LogP) is 1.96. The summed E-state index contributed by atoms with van der Waals surface area (Å²) in [4.78, 5) is 9.69. The lowest BCUT2D eigenvalue weighted by Crippen LogP contribution is -2.03. The highest BCUT2D eigenvalue weighted by Crippen LogP contribution is 2.29. The number of nitrogens with zero attached hydrogens (tertiary/aromatic N) is 2. The highest BCUT2D eigenvalue weighted by Gasteiger charge is 2.24. The van der Waals surface area contributed by atoms with Gasteiger partial charge in [0.05, 0.1) is 9.82 Å². The Morgan fingerprint density at radius 2 is 2.12 bits per heavy atom. The molecule has 0 bridgehead atoms. The molecule has 0 N–H and O–H groups in total. The number of hydrogen-bond donors (Lipinski definition) is 0. The van der Waals surface area contributed by atoms with Gasteiger partial charge in [-0.25, -0.2) is 8.42 Å². The summed E-state index contributed by atoms with van der Waals surface area (Å²) in [6, 6.07) is 3.65.